The van der Waals surface area contributed by atoms with Gasteiger partial charge in [0.15, 0.2) is 0 Å². The number of likely N-dealkylation sites (tertiary alicyclic amines) is 1. The van der Waals surface area contributed by atoms with E-state index in [0.29, 0.717) is 24.3 Å². The maximum Gasteiger partial charge on any atom is 0.253 e. The number of nitrogens with one attached hydrogen (secondary N) is 2. The highest BCUT2D eigenvalue weighted by Crippen LogP contribution is 2.32. The number of amides is 2. The van der Waals surface area contributed by atoms with Crippen molar-refractivity contribution in [3.8, 4) is 0 Å². The Labute approximate surface area is 153 Å². The van der Waals surface area contributed by atoms with Crippen LogP contribution in [0.2, 0.25) is 0 Å². The monoisotopic (exact) mass is 349 g/mol. The number of hydrogen-bond acceptors (Lipinski definition) is 3. The molecule has 2 aliphatic heterocycles. The van der Waals surface area contributed by atoms with Crippen LogP contribution in [0.1, 0.15) is 28.4 Å². The number of benzene rings is 2. The molecule has 4 rings (SSSR count). The molecule has 2 aliphatic rings. The quantitative estimate of drug-likeness (QED) is 0.876. The Morgan fingerprint density at radius 2 is 1.85 bits per heavy atom. The fourth-order valence-corrected chi connectivity index (χ4v) is 4.01. The molecule has 0 bridgehead atoms. The van der Waals surface area contributed by atoms with Crippen LogP contribution in [0, 0.1) is 12.8 Å². The predicted molar refractivity (Wildman–Crippen MR) is 101 cm³/mol. The van der Waals surface area contributed by atoms with Gasteiger partial charge >= 0.3 is 0 Å². The lowest BCUT2D eigenvalue weighted by Gasteiger charge is -2.33. The zero-order valence-electron chi connectivity index (χ0n) is 15.1. The molecule has 26 heavy (non-hydrogen) atoms. The molecule has 0 saturated carbocycles. The maximum atomic E-state index is 12.9. The van der Waals surface area contributed by atoms with Gasteiger partial charge < -0.3 is 10.6 Å². The van der Waals surface area contributed by atoms with Gasteiger partial charge in [-0.2, -0.15) is 0 Å². The van der Waals surface area contributed by atoms with E-state index in [0.717, 1.165) is 6.54 Å². The fraction of sp³-hybridized carbons (Fsp3) is 0.333. The van der Waals surface area contributed by atoms with E-state index in [9.17, 15) is 9.59 Å². The molecule has 134 valence electrons. The minimum absolute atomic E-state index is 0.0358. The lowest BCUT2D eigenvalue weighted by atomic mass is 9.86. The maximum absolute atomic E-state index is 12.9. The van der Waals surface area contributed by atoms with Crippen molar-refractivity contribution in [2.24, 2.45) is 5.92 Å². The average Bonchev–Trinajstić information content (AvgIpc) is 2.92. The summed E-state index contributed by atoms with van der Waals surface area (Å²) in [5, 5.41) is 6.08. The largest absolute Gasteiger partial charge is 0.345 e. The zero-order chi connectivity index (χ0) is 18.3. The Bertz CT molecular complexity index is 862. The third-order valence-corrected chi connectivity index (χ3v) is 5.43. The zero-order valence-corrected chi connectivity index (χ0v) is 15.1. The fourth-order valence-electron chi connectivity index (χ4n) is 4.01. The molecule has 2 amide bonds. The highest BCUT2D eigenvalue weighted by Gasteiger charge is 2.49. The van der Waals surface area contributed by atoms with Crippen molar-refractivity contribution >= 4 is 17.5 Å². The van der Waals surface area contributed by atoms with Crippen LogP contribution in [0.25, 0.3) is 0 Å². The molecule has 0 unspecified atom stereocenters. The number of aryl methyl sites for hydroxylation is 1. The first-order valence-corrected chi connectivity index (χ1v) is 8.95. The summed E-state index contributed by atoms with van der Waals surface area (Å²) < 4.78 is 0. The van der Waals surface area contributed by atoms with Crippen molar-refractivity contribution in [1.29, 1.82) is 0 Å². The number of hydrogen-bond donors (Lipinski definition) is 2. The van der Waals surface area contributed by atoms with E-state index in [4.69, 9.17) is 0 Å². The van der Waals surface area contributed by atoms with Gasteiger partial charge in [0, 0.05) is 19.6 Å². The smallest absolute Gasteiger partial charge is 0.253 e. The van der Waals surface area contributed by atoms with Gasteiger partial charge in [-0.1, -0.05) is 42.0 Å². The van der Waals surface area contributed by atoms with E-state index in [1.54, 1.807) is 12.1 Å². The van der Waals surface area contributed by atoms with Crippen LogP contribution in [-0.4, -0.2) is 35.3 Å². The lowest BCUT2D eigenvalue weighted by Crippen LogP contribution is -2.56. The molecular weight excluding hydrogens is 326 g/mol. The Kier molecular flexibility index (Phi) is 4.04. The highest BCUT2D eigenvalue weighted by atomic mass is 16.2. The summed E-state index contributed by atoms with van der Waals surface area (Å²) in [6.07, 6.45) is 0. The summed E-state index contributed by atoms with van der Waals surface area (Å²) in [7, 11) is 0. The molecule has 0 aromatic heterocycles. The Hall–Kier alpha value is -2.66. The normalized spacial score (nSPS) is 25.5. The molecule has 2 aromatic carbocycles. The van der Waals surface area contributed by atoms with Crippen molar-refractivity contribution in [3.05, 3.63) is 65.2 Å². The predicted octanol–water partition coefficient (Wildman–Crippen LogP) is 2.57. The number of para-hydroxylation sites is 1. The van der Waals surface area contributed by atoms with Crippen LogP contribution in [0.4, 0.5) is 5.69 Å². The van der Waals surface area contributed by atoms with Crippen molar-refractivity contribution in [2.45, 2.75) is 25.9 Å². The van der Waals surface area contributed by atoms with E-state index in [1.807, 2.05) is 19.1 Å². The summed E-state index contributed by atoms with van der Waals surface area (Å²) in [5.74, 6) is -0.457. The van der Waals surface area contributed by atoms with Crippen LogP contribution < -0.4 is 10.6 Å². The van der Waals surface area contributed by atoms with Gasteiger partial charge in [0.1, 0.15) is 0 Å². The topological polar surface area (TPSA) is 61.4 Å². The van der Waals surface area contributed by atoms with Crippen molar-refractivity contribution in [2.75, 3.05) is 18.4 Å². The molecule has 0 aliphatic carbocycles. The van der Waals surface area contributed by atoms with Gasteiger partial charge in [0.25, 0.3) is 5.91 Å². The first-order chi connectivity index (χ1) is 12.4. The highest BCUT2D eigenvalue weighted by molar-refractivity contribution is 6.06. The van der Waals surface area contributed by atoms with Crippen molar-refractivity contribution < 1.29 is 9.59 Å². The molecule has 5 heteroatoms. The molecule has 1 fully saturated rings. The summed E-state index contributed by atoms with van der Waals surface area (Å²) in [4.78, 5) is 27.9. The third kappa shape index (κ3) is 2.99. The van der Waals surface area contributed by atoms with Crippen molar-refractivity contribution in [3.63, 3.8) is 0 Å². The van der Waals surface area contributed by atoms with Gasteiger partial charge in [-0.05, 0) is 31.5 Å². The number of carbonyl (C=O) groups is 2. The SMILES string of the molecule is Cc1ccc(CN2C[C@H]3C(=O)Nc4ccccc4C(=O)N[C@@]3(C)C2)cc1. The van der Waals surface area contributed by atoms with Gasteiger partial charge in [-0.3, -0.25) is 14.5 Å². The Morgan fingerprint density at radius 3 is 2.62 bits per heavy atom. The molecule has 0 radical (unpaired) electrons. The lowest BCUT2D eigenvalue weighted by molar-refractivity contribution is -0.121. The summed E-state index contributed by atoms with van der Waals surface area (Å²) in [6.45, 7) is 6.08. The van der Waals surface area contributed by atoms with E-state index >= 15 is 0 Å². The van der Waals surface area contributed by atoms with E-state index in [-0.39, 0.29) is 17.7 Å². The molecule has 1 saturated heterocycles. The molecular formula is C21H23N3O2. The van der Waals surface area contributed by atoms with Crippen LogP contribution >= 0.6 is 0 Å². The second-order valence-corrected chi connectivity index (χ2v) is 7.61. The molecule has 2 aromatic rings. The van der Waals surface area contributed by atoms with Crippen LogP contribution in [0.3, 0.4) is 0 Å². The number of carbonyl (C=O) groups excluding carboxylic acids is 2. The van der Waals surface area contributed by atoms with Crippen LogP contribution in [0.5, 0.6) is 0 Å². The first-order valence-electron chi connectivity index (χ1n) is 8.95. The summed E-state index contributed by atoms with van der Waals surface area (Å²) in [6, 6.07) is 15.6. The van der Waals surface area contributed by atoms with E-state index < -0.39 is 5.54 Å². The summed E-state index contributed by atoms with van der Waals surface area (Å²) in [5.41, 5.74) is 2.95. The molecule has 0 spiro atoms. The minimum atomic E-state index is -0.584. The first kappa shape index (κ1) is 16.8. The second kappa shape index (κ2) is 6.25. The van der Waals surface area contributed by atoms with Gasteiger partial charge in [-0.25, -0.2) is 0 Å². The average molecular weight is 349 g/mol. The Morgan fingerprint density at radius 1 is 1.12 bits per heavy atom. The molecule has 2 heterocycles. The van der Waals surface area contributed by atoms with Gasteiger partial charge in [-0.15, -0.1) is 0 Å². The molecule has 5 nitrogen and oxygen atoms in total. The van der Waals surface area contributed by atoms with E-state index in [2.05, 4.69) is 46.7 Å². The van der Waals surface area contributed by atoms with Crippen LogP contribution in [-0.2, 0) is 11.3 Å². The van der Waals surface area contributed by atoms with Gasteiger partial charge in [0.05, 0.1) is 22.7 Å². The van der Waals surface area contributed by atoms with Crippen molar-refractivity contribution in [1.82, 2.24) is 10.2 Å². The Balaban J connectivity index is 1.59. The molecule has 2 atom stereocenters. The molecule has 2 N–H and O–H groups in total. The standard InChI is InChI=1S/C21H23N3O2/c1-14-7-9-15(10-8-14)11-24-12-17-20(26)22-18-6-4-3-5-16(18)19(25)23-21(17,2)13-24/h3-10,17H,11-13H2,1-2H3,(H,22,26)(H,23,25)/t17-,21-/m0/s1. The number of nitrogens with zero attached hydrogens (tertiary/aromatic N) is 1. The van der Waals surface area contributed by atoms with Crippen LogP contribution in [0.15, 0.2) is 48.5 Å². The third-order valence-electron chi connectivity index (χ3n) is 5.43. The van der Waals surface area contributed by atoms with E-state index in [1.165, 1.54) is 11.1 Å². The number of anilines is 1. The van der Waals surface area contributed by atoms with Gasteiger partial charge in [0.2, 0.25) is 5.91 Å². The number of fused-ring (bicyclic) bond motifs is 2. The number of rotatable bonds is 2. The second-order valence-electron chi connectivity index (χ2n) is 7.61. The minimum Gasteiger partial charge on any atom is -0.345 e. The summed E-state index contributed by atoms with van der Waals surface area (Å²) >= 11 is 0.